The second kappa shape index (κ2) is 7.10. The summed E-state index contributed by atoms with van der Waals surface area (Å²) < 4.78 is 1.68. The first-order chi connectivity index (χ1) is 11.7. The molecular weight excluding hydrogens is 302 g/mol. The van der Waals surface area contributed by atoms with Crippen molar-refractivity contribution >= 4 is 5.91 Å². The number of carbonyl (C=O) groups is 1. The Hall–Kier alpha value is -2.92. The van der Waals surface area contributed by atoms with E-state index in [9.17, 15) is 9.90 Å². The molecule has 24 heavy (non-hydrogen) atoms. The fourth-order valence-corrected chi connectivity index (χ4v) is 2.70. The van der Waals surface area contributed by atoms with E-state index in [1.165, 1.54) is 0 Å². The summed E-state index contributed by atoms with van der Waals surface area (Å²) in [5.41, 5.74) is 3.01. The molecule has 0 saturated carbocycles. The monoisotopic (exact) mass is 321 g/mol. The van der Waals surface area contributed by atoms with Crippen LogP contribution in [0.3, 0.4) is 0 Å². The van der Waals surface area contributed by atoms with Crippen LogP contribution in [-0.4, -0.2) is 27.4 Å². The maximum atomic E-state index is 12.7. The number of benzene rings is 2. The molecule has 1 atom stereocenters. The van der Waals surface area contributed by atoms with Crippen molar-refractivity contribution in [2.75, 3.05) is 6.61 Å². The van der Waals surface area contributed by atoms with Crippen LogP contribution in [-0.2, 0) is 7.05 Å². The van der Waals surface area contributed by atoms with Gasteiger partial charge in [-0.05, 0) is 5.56 Å². The Morgan fingerprint density at radius 1 is 1.12 bits per heavy atom. The summed E-state index contributed by atoms with van der Waals surface area (Å²) >= 11 is 0. The summed E-state index contributed by atoms with van der Waals surface area (Å²) in [4.78, 5) is 12.7. The Morgan fingerprint density at radius 2 is 1.75 bits per heavy atom. The zero-order valence-electron chi connectivity index (χ0n) is 13.4. The van der Waals surface area contributed by atoms with Gasteiger partial charge in [-0.3, -0.25) is 9.48 Å². The van der Waals surface area contributed by atoms with Crippen molar-refractivity contribution in [2.24, 2.45) is 7.05 Å². The lowest BCUT2D eigenvalue weighted by Crippen LogP contribution is -2.31. The highest BCUT2D eigenvalue weighted by Gasteiger charge is 2.20. The molecule has 1 heterocycles. The molecule has 3 aromatic rings. The number of amides is 1. The average Bonchev–Trinajstić information content (AvgIpc) is 3.02. The Morgan fingerprint density at radius 3 is 2.38 bits per heavy atom. The van der Waals surface area contributed by atoms with Crippen LogP contribution in [0.4, 0.5) is 0 Å². The summed E-state index contributed by atoms with van der Waals surface area (Å²) in [6.45, 7) is -0.170. The van der Waals surface area contributed by atoms with Gasteiger partial charge in [0.1, 0.15) is 0 Å². The lowest BCUT2D eigenvalue weighted by atomic mass is 10.1. The maximum absolute atomic E-state index is 12.7. The van der Waals surface area contributed by atoms with Gasteiger partial charge in [-0.15, -0.1) is 0 Å². The highest BCUT2D eigenvalue weighted by molar-refractivity contribution is 6.00. The molecule has 0 unspecified atom stereocenters. The van der Waals surface area contributed by atoms with Gasteiger partial charge in [0.2, 0.25) is 0 Å². The normalized spacial score (nSPS) is 11.9. The van der Waals surface area contributed by atoms with Crippen LogP contribution in [0.25, 0.3) is 11.3 Å². The van der Waals surface area contributed by atoms with Crippen LogP contribution in [0.1, 0.15) is 22.0 Å². The smallest absolute Gasteiger partial charge is 0.255 e. The average molecular weight is 321 g/mol. The van der Waals surface area contributed by atoms with Gasteiger partial charge in [-0.1, -0.05) is 60.7 Å². The molecule has 0 fully saturated rings. The van der Waals surface area contributed by atoms with E-state index in [0.29, 0.717) is 5.56 Å². The first kappa shape index (κ1) is 16.0. The molecule has 0 spiro atoms. The van der Waals surface area contributed by atoms with Gasteiger partial charge in [-0.25, -0.2) is 0 Å². The van der Waals surface area contributed by atoms with Crippen molar-refractivity contribution in [3.8, 4) is 11.3 Å². The van der Waals surface area contributed by atoms with Crippen molar-refractivity contribution < 1.29 is 9.90 Å². The van der Waals surface area contributed by atoms with E-state index >= 15 is 0 Å². The topological polar surface area (TPSA) is 67.2 Å². The van der Waals surface area contributed by atoms with Gasteiger partial charge in [-0.2, -0.15) is 5.10 Å². The summed E-state index contributed by atoms with van der Waals surface area (Å²) in [5, 5.41) is 16.7. The zero-order valence-corrected chi connectivity index (χ0v) is 13.4. The molecule has 1 aromatic heterocycles. The van der Waals surface area contributed by atoms with Crippen LogP contribution >= 0.6 is 0 Å². The molecule has 0 aliphatic heterocycles. The second-order valence-corrected chi connectivity index (χ2v) is 5.52. The number of hydrogen-bond acceptors (Lipinski definition) is 3. The van der Waals surface area contributed by atoms with Gasteiger partial charge >= 0.3 is 0 Å². The Bertz CT molecular complexity index is 813. The van der Waals surface area contributed by atoms with E-state index in [1.54, 1.807) is 17.9 Å². The van der Waals surface area contributed by atoms with Crippen LogP contribution in [0.15, 0.2) is 66.9 Å². The predicted octanol–water partition coefficient (Wildman–Crippen LogP) is 2.55. The highest BCUT2D eigenvalue weighted by atomic mass is 16.3. The number of aliphatic hydroxyl groups is 1. The number of hydrogen-bond donors (Lipinski definition) is 2. The van der Waals surface area contributed by atoms with E-state index in [1.807, 2.05) is 60.7 Å². The molecule has 0 aliphatic rings. The molecule has 0 aliphatic carbocycles. The van der Waals surface area contributed by atoms with E-state index in [0.717, 1.165) is 16.8 Å². The SMILES string of the molecule is Cn1ncc(C(=O)N[C@H](CO)c2ccccc2)c1-c1ccccc1. The second-order valence-electron chi connectivity index (χ2n) is 5.52. The number of rotatable bonds is 5. The van der Waals surface area contributed by atoms with Crippen LogP contribution in [0.5, 0.6) is 0 Å². The quantitative estimate of drug-likeness (QED) is 0.759. The van der Waals surface area contributed by atoms with Crippen molar-refractivity contribution in [3.63, 3.8) is 0 Å². The Kier molecular flexibility index (Phi) is 4.72. The zero-order chi connectivity index (χ0) is 16.9. The lowest BCUT2D eigenvalue weighted by molar-refractivity contribution is 0.0917. The number of nitrogens with zero attached hydrogens (tertiary/aromatic N) is 2. The molecule has 5 heteroatoms. The van der Waals surface area contributed by atoms with E-state index in [2.05, 4.69) is 10.4 Å². The molecule has 1 amide bonds. The van der Waals surface area contributed by atoms with Crippen molar-refractivity contribution in [1.29, 1.82) is 0 Å². The molecule has 0 radical (unpaired) electrons. The minimum atomic E-state index is -0.456. The predicted molar refractivity (Wildman–Crippen MR) is 92.4 cm³/mol. The summed E-state index contributed by atoms with van der Waals surface area (Å²) in [6, 6.07) is 18.6. The molecule has 2 aromatic carbocycles. The molecular formula is C19H19N3O2. The largest absolute Gasteiger partial charge is 0.394 e. The first-order valence-electron chi connectivity index (χ1n) is 7.75. The number of nitrogens with one attached hydrogen (secondary N) is 1. The molecule has 3 rings (SSSR count). The Labute approximate surface area is 140 Å². The van der Waals surface area contributed by atoms with Gasteiger partial charge in [0, 0.05) is 12.6 Å². The first-order valence-corrected chi connectivity index (χ1v) is 7.75. The van der Waals surface area contributed by atoms with Crippen molar-refractivity contribution in [3.05, 3.63) is 78.0 Å². The molecule has 0 bridgehead atoms. The van der Waals surface area contributed by atoms with Crippen LogP contribution < -0.4 is 5.32 Å². The summed E-state index contributed by atoms with van der Waals surface area (Å²) in [6.07, 6.45) is 1.55. The maximum Gasteiger partial charge on any atom is 0.255 e. The fraction of sp³-hybridized carbons (Fsp3) is 0.158. The van der Waals surface area contributed by atoms with E-state index in [-0.39, 0.29) is 12.5 Å². The van der Waals surface area contributed by atoms with E-state index in [4.69, 9.17) is 0 Å². The van der Waals surface area contributed by atoms with Crippen molar-refractivity contribution in [2.45, 2.75) is 6.04 Å². The number of aliphatic hydroxyl groups excluding tert-OH is 1. The third-order valence-electron chi connectivity index (χ3n) is 3.92. The minimum absolute atomic E-state index is 0.170. The van der Waals surface area contributed by atoms with E-state index < -0.39 is 6.04 Å². The summed E-state index contributed by atoms with van der Waals surface area (Å²) in [5.74, 6) is -0.259. The number of carbonyl (C=O) groups excluding carboxylic acids is 1. The third-order valence-corrected chi connectivity index (χ3v) is 3.92. The molecule has 5 nitrogen and oxygen atoms in total. The number of aromatic nitrogens is 2. The standard InChI is InChI=1S/C19H19N3O2/c1-22-18(15-10-6-3-7-11-15)16(12-20-22)19(24)21-17(13-23)14-8-4-2-5-9-14/h2-12,17,23H,13H2,1H3,(H,21,24)/t17-/m1/s1. The molecule has 122 valence electrons. The number of aryl methyl sites for hydroxylation is 1. The molecule has 2 N–H and O–H groups in total. The fourth-order valence-electron chi connectivity index (χ4n) is 2.70. The highest BCUT2D eigenvalue weighted by Crippen LogP contribution is 2.23. The van der Waals surface area contributed by atoms with Gasteiger partial charge in [0.15, 0.2) is 0 Å². The van der Waals surface area contributed by atoms with Gasteiger partial charge in [0.05, 0.1) is 30.1 Å². The Balaban J connectivity index is 1.89. The third kappa shape index (κ3) is 3.21. The van der Waals surface area contributed by atoms with Gasteiger partial charge in [0.25, 0.3) is 5.91 Å². The minimum Gasteiger partial charge on any atom is -0.394 e. The molecule has 0 saturated heterocycles. The lowest BCUT2D eigenvalue weighted by Gasteiger charge is -2.17. The summed E-state index contributed by atoms with van der Waals surface area (Å²) in [7, 11) is 1.81. The van der Waals surface area contributed by atoms with Gasteiger partial charge < -0.3 is 10.4 Å². The van der Waals surface area contributed by atoms with Crippen molar-refractivity contribution in [1.82, 2.24) is 15.1 Å². The van der Waals surface area contributed by atoms with Crippen LogP contribution in [0.2, 0.25) is 0 Å². The van der Waals surface area contributed by atoms with Crippen LogP contribution in [0, 0.1) is 0 Å².